The predicted molar refractivity (Wildman–Crippen MR) is 92.8 cm³/mol. The van der Waals surface area contributed by atoms with Crippen LogP contribution in [0.15, 0.2) is 36.4 Å². The molecule has 0 bridgehead atoms. The number of fused-ring (bicyclic) bond motifs is 1. The number of carbonyl (C=O) groups excluding carboxylic acids is 1. The average molecular weight is 344 g/mol. The molecule has 2 aromatic rings. The van der Waals surface area contributed by atoms with Crippen molar-refractivity contribution in [1.82, 2.24) is 10.2 Å². The van der Waals surface area contributed by atoms with Crippen molar-refractivity contribution in [3.05, 3.63) is 47.8 Å². The molecule has 2 N–H and O–H groups in total. The molecule has 2 unspecified atom stereocenters. The second-order valence-corrected chi connectivity index (χ2v) is 6.48. The van der Waals surface area contributed by atoms with E-state index in [2.05, 4.69) is 5.32 Å². The van der Waals surface area contributed by atoms with Crippen LogP contribution >= 0.6 is 0 Å². The van der Waals surface area contributed by atoms with Gasteiger partial charge in [0, 0.05) is 18.5 Å². The van der Waals surface area contributed by atoms with Crippen LogP contribution in [0.3, 0.4) is 0 Å². The largest absolute Gasteiger partial charge is 0.481 e. The number of carbonyl (C=O) groups is 2. The summed E-state index contributed by atoms with van der Waals surface area (Å²) < 4.78 is 14.0. The summed E-state index contributed by atoms with van der Waals surface area (Å²) in [4.78, 5) is 25.2. The quantitative estimate of drug-likeness (QED) is 0.895. The van der Waals surface area contributed by atoms with Gasteiger partial charge in [-0.15, -0.1) is 0 Å². The summed E-state index contributed by atoms with van der Waals surface area (Å²) in [5.41, 5.74) is 0.831. The predicted octanol–water partition coefficient (Wildman–Crippen LogP) is 3.55. The summed E-state index contributed by atoms with van der Waals surface area (Å²) in [6.07, 6.45) is 1.27. The summed E-state index contributed by atoms with van der Waals surface area (Å²) in [6.45, 7) is 2.61. The summed E-state index contributed by atoms with van der Waals surface area (Å²) >= 11 is 0. The Labute approximate surface area is 145 Å². The zero-order chi connectivity index (χ0) is 18.0. The van der Waals surface area contributed by atoms with Gasteiger partial charge in [-0.3, -0.25) is 4.79 Å². The molecule has 0 aromatic heterocycles. The van der Waals surface area contributed by atoms with Gasteiger partial charge in [-0.05, 0) is 36.8 Å². The lowest BCUT2D eigenvalue weighted by atomic mass is 9.98. The van der Waals surface area contributed by atoms with E-state index in [1.165, 1.54) is 6.07 Å². The third kappa shape index (κ3) is 3.57. The van der Waals surface area contributed by atoms with Crippen molar-refractivity contribution in [2.75, 3.05) is 13.1 Å². The molecule has 132 valence electrons. The molecule has 25 heavy (non-hydrogen) atoms. The zero-order valence-corrected chi connectivity index (χ0v) is 14.0. The fraction of sp³-hybridized carbons (Fsp3) is 0.368. The van der Waals surface area contributed by atoms with E-state index in [1.54, 1.807) is 23.1 Å². The van der Waals surface area contributed by atoms with Crippen molar-refractivity contribution in [3.8, 4) is 0 Å². The number of rotatable bonds is 3. The third-order valence-corrected chi connectivity index (χ3v) is 4.77. The highest BCUT2D eigenvalue weighted by molar-refractivity contribution is 5.87. The van der Waals surface area contributed by atoms with Crippen LogP contribution in [0.1, 0.15) is 31.4 Å². The number of piperidine rings is 1. The number of hydrogen-bond donors (Lipinski definition) is 2. The van der Waals surface area contributed by atoms with Gasteiger partial charge in [0.25, 0.3) is 0 Å². The summed E-state index contributed by atoms with van der Waals surface area (Å²) in [5, 5.41) is 13.3. The number of nitrogens with zero attached hydrogens (tertiary/aromatic N) is 1. The van der Waals surface area contributed by atoms with Crippen LogP contribution in [-0.2, 0) is 4.79 Å². The summed E-state index contributed by atoms with van der Waals surface area (Å²) in [6, 6.07) is 9.64. The molecule has 0 radical (unpaired) electrons. The molecule has 1 saturated heterocycles. The van der Waals surface area contributed by atoms with Crippen LogP contribution in [0, 0.1) is 11.7 Å². The number of nitrogens with one attached hydrogen (secondary N) is 1. The van der Waals surface area contributed by atoms with Crippen LogP contribution in [0.4, 0.5) is 9.18 Å². The second kappa shape index (κ2) is 7.09. The van der Waals surface area contributed by atoms with Gasteiger partial charge in [0.2, 0.25) is 0 Å². The number of carboxylic acid groups (broad SMARTS) is 1. The van der Waals surface area contributed by atoms with E-state index >= 15 is 0 Å². The highest BCUT2D eigenvalue weighted by Gasteiger charge is 2.28. The maximum absolute atomic E-state index is 14.0. The minimum atomic E-state index is -0.866. The van der Waals surface area contributed by atoms with E-state index in [0.29, 0.717) is 24.8 Å². The van der Waals surface area contributed by atoms with Gasteiger partial charge in [0.15, 0.2) is 0 Å². The number of hydrogen-bond acceptors (Lipinski definition) is 2. The molecule has 3 rings (SSSR count). The average Bonchev–Trinajstić information content (AvgIpc) is 2.62. The zero-order valence-electron chi connectivity index (χ0n) is 14.0. The van der Waals surface area contributed by atoms with E-state index in [-0.39, 0.29) is 24.4 Å². The van der Waals surface area contributed by atoms with Crippen molar-refractivity contribution < 1.29 is 19.1 Å². The highest BCUT2D eigenvalue weighted by Crippen LogP contribution is 2.27. The fourth-order valence-electron chi connectivity index (χ4n) is 3.38. The van der Waals surface area contributed by atoms with Crippen molar-refractivity contribution >= 4 is 22.8 Å². The van der Waals surface area contributed by atoms with E-state index in [1.807, 2.05) is 19.1 Å². The highest BCUT2D eigenvalue weighted by atomic mass is 19.1. The molecule has 0 saturated carbocycles. The molecular weight excluding hydrogens is 323 g/mol. The van der Waals surface area contributed by atoms with E-state index in [9.17, 15) is 14.0 Å². The first-order valence-electron chi connectivity index (χ1n) is 8.42. The minimum Gasteiger partial charge on any atom is -0.481 e. The Morgan fingerprint density at radius 2 is 1.96 bits per heavy atom. The van der Waals surface area contributed by atoms with Gasteiger partial charge in [0.05, 0.1) is 12.0 Å². The Morgan fingerprint density at radius 1 is 1.24 bits per heavy atom. The Morgan fingerprint density at radius 3 is 2.68 bits per heavy atom. The number of halogens is 1. The number of likely N-dealkylation sites (tertiary alicyclic amines) is 1. The Hall–Kier alpha value is -2.63. The van der Waals surface area contributed by atoms with Crippen LogP contribution < -0.4 is 5.32 Å². The van der Waals surface area contributed by atoms with Gasteiger partial charge in [-0.25, -0.2) is 9.18 Å². The molecule has 6 heteroatoms. The maximum Gasteiger partial charge on any atom is 0.317 e. The lowest BCUT2D eigenvalue weighted by Crippen LogP contribution is -2.47. The lowest BCUT2D eigenvalue weighted by molar-refractivity contribution is -0.143. The number of aliphatic carboxylic acids is 1. The van der Waals surface area contributed by atoms with Crippen molar-refractivity contribution in [3.63, 3.8) is 0 Å². The molecule has 5 nitrogen and oxygen atoms in total. The fourth-order valence-corrected chi connectivity index (χ4v) is 3.38. The first-order valence-corrected chi connectivity index (χ1v) is 8.42. The topological polar surface area (TPSA) is 69.6 Å². The van der Waals surface area contributed by atoms with Crippen molar-refractivity contribution in [1.29, 1.82) is 0 Å². The van der Waals surface area contributed by atoms with E-state index in [0.717, 1.165) is 10.9 Å². The maximum atomic E-state index is 14.0. The molecule has 2 atom stereocenters. The molecule has 1 aliphatic heterocycles. The summed E-state index contributed by atoms with van der Waals surface area (Å²) in [7, 11) is 0. The van der Waals surface area contributed by atoms with E-state index < -0.39 is 11.9 Å². The smallest absolute Gasteiger partial charge is 0.317 e. The lowest BCUT2D eigenvalue weighted by Gasteiger charge is -2.32. The van der Waals surface area contributed by atoms with Crippen LogP contribution in [0.2, 0.25) is 0 Å². The van der Waals surface area contributed by atoms with Gasteiger partial charge in [-0.2, -0.15) is 0 Å². The first-order chi connectivity index (χ1) is 12.0. The SMILES string of the molecule is CC(NC(=O)N1CCCC(C(=O)O)C1)c1ccc(F)c2ccccc12. The van der Waals surface area contributed by atoms with Gasteiger partial charge in [-0.1, -0.05) is 30.3 Å². The Bertz CT molecular complexity index is 808. The van der Waals surface area contributed by atoms with E-state index in [4.69, 9.17) is 5.11 Å². The second-order valence-electron chi connectivity index (χ2n) is 6.48. The molecular formula is C19H21FN2O3. The first kappa shape index (κ1) is 17.2. The number of benzene rings is 2. The molecule has 0 spiro atoms. The standard InChI is InChI=1S/C19H21FN2O3/c1-12(14-8-9-17(20)16-7-3-2-6-15(14)16)21-19(25)22-10-4-5-13(11-22)18(23)24/h2-3,6-9,12-13H,4-5,10-11H2,1H3,(H,21,25)(H,23,24). The molecule has 1 heterocycles. The molecule has 2 amide bonds. The summed E-state index contributed by atoms with van der Waals surface area (Å²) in [5.74, 6) is -1.67. The van der Waals surface area contributed by atoms with Gasteiger partial charge < -0.3 is 15.3 Å². The molecule has 1 aliphatic rings. The molecule has 2 aromatic carbocycles. The van der Waals surface area contributed by atoms with Crippen molar-refractivity contribution in [2.45, 2.75) is 25.8 Å². The van der Waals surface area contributed by atoms with Gasteiger partial charge in [0.1, 0.15) is 5.82 Å². The normalized spacial score (nSPS) is 18.8. The number of carboxylic acids is 1. The number of amides is 2. The molecule has 1 fully saturated rings. The van der Waals surface area contributed by atoms with Crippen LogP contribution in [0.5, 0.6) is 0 Å². The third-order valence-electron chi connectivity index (χ3n) is 4.77. The Balaban J connectivity index is 1.76. The molecule has 0 aliphatic carbocycles. The Kier molecular flexibility index (Phi) is 4.88. The number of urea groups is 1. The van der Waals surface area contributed by atoms with Crippen molar-refractivity contribution in [2.24, 2.45) is 5.92 Å². The van der Waals surface area contributed by atoms with Crippen LogP contribution in [-0.4, -0.2) is 35.1 Å². The van der Waals surface area contributed by atoms with Gasteiger partial charge >= 0.3 is 12.0 Å². The van der Waals surface area contributed by atoms with Crippen LogP contribution in [0.25, 0.3) is 10.8 Å². The minimum absolute atomic E-state index is 0.220. The monoisotopic (exact) mass is 344 g/mol.